The van der Waals surface area contributed by atoms with E-state index in [0.717, 1.165) is 17.3 Å². The number of nitrogens with one attached hydrogen (secondary N) is 1. The van der Waals surface area contributed by atoms with E-state index in [1.165, 1.54) is 18.3 Å². The molecule has 0 aliphatic carbocycles. The van der Waals surface area contributed by atoms with Gasteiger partial charge in [-0.1, -0.05) is 30.3 Å². The number of aliphatic hydroxyl groups excluding tert-OH is 2. The van der Waals surface area contributed by atoms with E-state index in [9.17, 15) is 24.2 Å². The number of hydrogen-bond donors (Lipinski definition) is 3. The number of hydrogen-bond acceptors (Lipinski definition) is 6. The molecule has 3 aromatic heterocycles. The van der Waals surface area contributed by atoms with Crippen molar-refractivity contribution < 1.29 is 24.2 Å². The smallest absolute Gasteiger partial charge is 0.274 e. The molecule has 0 aliphatic heterocycles. The largest absolute Gasteiger partial charge is 0.396 e. The van der Waals surface area contributed by atoms with Crippen LogP contribution in [0.25, 0.3) is 16.9 Å². The predicted octanol–water partition coefficient (Wildman–Crippen LogP) is 4.04. The maximum atomic E-state index is 14.6. The van der Waals surface area contributed by atoms with Crippen LogP contribution in [0.15, 0.2) is 85.3 Å². The summed E-state index contributed by atoms with van der Waals surface area (Å²) in [7, 11) is 1.83. The molecule has 0 aliphatic rings. The van der Waals surface area contributed by atoms with E-state index in [4.69, 9.17) is 0 Å². The molecular formula is C29H26FN5O4. The van der Waals surface area contributed by atoms with Crippen LogP contribution in [0.4, 0.5) is 10.1 Å². The highest BCUT2D eigenvalue weighted by molar-refractivity contribution is 6.05. The van der Waals surface area contributed by atoms with Crippen molar-refractivity contribution >= 4 is 23.0 Å². The van der Waals surface area contributed by atoms with Crippen LogP contribution in [0.5, 0.6) is 0 Å². The van der Waals surface area contributed by atoms with Crippen molar-refractivity contribution in [3.8, 4) is 11.3 Å². The van der Waals surface area contributed by atoms with Crippen molar-refractivity contribution in [1.29, 1.82) is 0 Å². The molecule has 1 amide bonds. The third-order valence-corrected chi connectivity index (χ3v) is 6.67. The topological polar surface area (TPSA) is 122 Å². The number of nitrogens with zero attached hydrogens (tertiary/aromatic N) is 4. The summed E-state index contributed by atoms with van der Waals surface area (Å²) in [4.78, 5) is 30.3. The number of aromatic nitrogens is 4. The van der Waals surface area contributed by atoms with E-state index < -0.39 is 36.1 Å². The summed E-state index contributed by atoms with van der Waals surface area (Å²) < 4.78 is 17.9. The van der Waals surface area contributed by atoms with E-state index >= 15 is 0 Å². The Labute approximate surface area is 223 Å². The Balaban J connectivity index is 1.33. The van der Waals surface area contributed by atoms with Crippen LogP contribution in [0.3, 0.4) is 0 Å². The Bertz CT molecular complexity index is 1650. The number of Topliss-reactive ketones (excluding diaryl/α,β-unsaturated/α-hetero) is 1. The molecule has 2 aromatic carbocycles. The van der Waals surface area contributed by atoms with Crippen molar-refractivity contribution in [2.24, 2.45) is 13.0 Å². The van der Waals surface area contributed by atoms with Gasteiger partial charge in [0.1, 0.15) is 17.2 Å². The molecular weight excluding hydrogens is 501 g/mol. The van der Waals surface area contributed by atoms with Gasteiger partial charge in [-0.25, -0.2) is 9.37 Å². The Morgan fingerprint density at radius 2 is 1.87 bits per heavy atom. The van der Waals surface area contributed by atoms with E-state index in [0.29, 0.717) is 11.2 Å². The lowest BCUT2D eigenvalue weighted by Crippen LogP contribution is -2.21. The third kappa shape index (κ3) is 5.33. The fourth-order valence-electron chi connectivity index (χ4n) is 4.50. The van der Waals surface area contributed by atoms with Crippen LogP contribution in [-0.2, 0) is 7.05 Å². The average Bonchev–Trinajstić information content (AvgIpc) is 3.58. The van der Waals surface area contributed by atoms with Crippen molar-refractivity contribution in [2.45, 2.75) is 12.5 Å². The molecule has 3 heterocycles. The van der Waals surface area contributed by atoms with E-state index in [1.54, 1.807) is 51.8 Å². The number of rotatable bonds is 9. The fraction of sp³-hybridized carbons (Fsp3) is 0.172. The van der Waals surface area contributed by atoms with Gasteiger partial charge < -0.3 is 15.5 Å². The van der Waals surface area contributed by atoms with Gasteiger partial charge in [0.25, 0.3) is 5.91 Å². The predicted molar refractivity (Wildman–Crippen MR) is 143 cm³/mol. The number of aryl methyl sites for hydroxylation is 1. The average molecular weight is 528 g/mol. The summed E-state index contributed by atoms with van der Waals surface area (Å²) >= 11 is 0. The number of carbonyl (C=O) groups is 2. The maximum Gasteiger partial charge on any atom is 0.274 e. The quantitative estimate of drug-likeness (QED) is 0.249. The fourth-order valence-corrected chi connectivity index (χ4v) is 4.50. The van der Waals surface area contributed by atoms with Crippen molar-refractivity contribution in [3.63, 3.8) is 0 Å². The molecule has 198 valence electrons. The molecule has 0 radical (unpaired) electrons. The minimum Gasteiger partial charge on any atom is -0.396 e. The van der Waals surface area contributed by atoms with E-state index in [-0.39, 0.29) is 23.4 Å². The number of ketones is 1. The highest BCUT2D eigenvalue weighted by atomic mass is 19.1. The number of fused-ring (bicyclic) bond motifs is 1. The molecule has 0 saturated heterocycles. The first-order valence-corrected chi connectivity index (χ1v) is 12.3. The number of pyridine rings is 1. The Morgan fingerprint density at radius 1 is 1.08 bits per heavy atom. The molecule has 39 heavy (non-hydrogen) atoms. The molecule has 5 aromatic rings. The number of imidazole rings is 1. The summed E-state index contributed by atoms with van der Waals surface area (Å²) in [6.45, 7) is -0.414. The normalized spacial score (nSPS) is 12.8. The van der Waals surface area contributed by atoms with Gasteiger partial charge in [-0.05, 0) is 42.0 Å². The van der Waals surface area contributed by atoms with Crippen LogP contribution in [0.2, 0.25) is 0 Å². The highest BCUT2D eigenvalue weighted by Gasteiger charge is 2.24. The highest BCUT2D eigenvalue weighted by Crippen LogP contribution is 2.27. The zero-order valence-electron chi connectivity index (χ0n) is 21.0. The summed E-state index contributed by atoms with van der Waals surface area (Å²) in [5.41, 5.74) is 3.02. The Morgan fingerprint density at radius 3 is 2.59 bits per heavy atom. The third-order valence-electron chi connectivity index (χ3n) is 6.67. The Hall–Kier alpha value is -4.67. The molecule has 0 fully saturated rings. The summed E-state index contributed by atoms with van der Waals surface area (Å²) in [5, 5.41) is 27.1. The molecule has 10 heteroatoms. The van der Waals surface area contributed by atoms with Crippen LogP contribution >= 0.6 is 0 Å². The van der Waals surface area contributed by atoms with Crippen molar-refractivity contribution in [2.75, 3.05) is 11.9 Å². The molecule has 0 unspecified atom stereocenters. The minimum atomic E-state index is -1.05. The summed E-state index contributed by atoms with van der Waals surface area (Å²) in [6.07, 6.45) is 3.56. The van der Waals surface area contributed by atoms with Crippen LogP contribution in [-0.4, -0.2) is 47.7 Å². The molecule has 3 N–H and O–H groups in total. The van der Waals surface area contributed by atoms with Crippen molar-refractivity contribution in [1.82, 2.24) is 19.2 Å². The van der Waals surface area contributed by atoms with Gasteiger partial charge in [0, 0.05) is 49.5 Å². The molecule has 0 saturated carbocycles. The number of aliphatic hydroxyl groups is 2. The SMILES string of the molecule is Cn1nccc1-c1ccn2c(C(=O)Nc3cc(C(=O)C[C@@H](CO)[C@@H](O)c4ccccc4)ccc3F)cnc2c1. The first kappa shape index (κ1) is 26.0. The Kier molecular flexibility index (Phi) is 7.31. The van der Waals surface area contributed by atoms with Crippen LogP contribution in [0.1, 0.15) is 38.9 Å². The molecule has 0 spiro atoms. The number of carbonyl (C=O) groups excluding carboxylic acids is 2. The molecule has 2 atom stereocenters. The molecule has 0 bridgehead atoms. The lowest BCUT2D eigenvalue weighted by molar-refractivity contribution is 0.0552. The minimum absolute atomic E-state index is 0.143. The van der Waals surface area contributed by atoms with Crippen LogP contribution in [0, 0.1) is 11.7 Å². The van der Waals surface area contributed by atoms with Gasteiger partial charge in [0.05, 0.1) is 23.7 Å². The second kappa shape index (κ2) is 11.0. The zero-order valence-corrected chi connectivity index (χ0v) is 21.0. The standard InChI is InChI=1S/C29H26FN5O4/c1-34-24(9-11-32-34)19-10-12-35-25(16-31-27(35)15-19)29(39)33-23-13-20(7-8-22(23)30)26(37)14-21(17-36)28(38)18-5-3-2-4-6-18/h2-13,15-16,21,28,36,38H,14,17H2,1H3,(H,33,39)/t21-,28-/m0/s1. The molecule has 5 rings (SSSR count). The zero-order chi connectivity index (χ0) is 27.5. The maximum absolute atomic E-state index is 14.6. The summed E-state index contributed by atoms with van der Waals surface area (Å²) in [6, 6.07) is 17.9. The molecule has 9 nitrogen and oxygen atoms in total. The first-order valence-electron chi connectivity index (χ1n) is 12.3. The second-order valence-corrected chi connectivity index (χ2v) is 9.20. The van der Waals surface area contributed by atoms with Gasteiger partial charge in [-0.3, -0.25) is 18.7 Å². The van der Waals surface area contributed by atoms with Gasteiger partial charge in [-0.15, -0.1) is 0 Å². The van der Waals surface area contributed by atoms with Gasteiger partial charge in [0.15, 0.2) is 5.78 Å². The first-order chi connectivity index (χ1) is 18.9. The monoisotopic (exact) mass is 527 g/mol. The van der Waals surface area contributed by atoms with Gasteiger partial charge >= 0.3 is 0 Å². The van der Waals surface area contributed by atoms with Crippen LogP contribution < -0.4 is 5.32 Å². The summed E-state index contributed by atoms with van der Waals surface area (Å²) in [5.74, 6) is -2.48. The number of halogens is 1. The lowest BCUT2D eigenvalue weighted by atomic mass is 9.90. The van der Waals surface area contributed by atoms with Crippen molar-refractivity contribution in [3.05, 3.63) is 108 Å². The number of amides is 1. The van der Waals surface area contributed by atoms with E-state index in [1.807, 2.05) is 25.2 Å². The van der Waals surface area contributed by atoms with Gasteiger partial charge in [0.2, 0.25) is 0 Å². The van der Waals surface area contributed by atoms with Gasteiger partial charge in [-0.2, -0.15) is 5.10 Å². The number of anilines is 1. The van der Waals surface area contributed by atoms with E-state index in [2.05, 4.69) is 15.4 Å². The second-order valence-electron chi connectivity index (χ2n) is 9.20. The number of benzene rings is 2. The lowest BCUT2D eigenvalue weighted by Gasteiger charge is -2.21.